The maximum Gasteiger partial charge on any atom is 0.419 e. The van der Waals surface area contributed by atoms with Gasteiger partial charge >= 0.3 is 6.18 Å². The lowest BCUT2D eigenvalue weighted by Gasteiger charge is -2.25. The predicted octanol–water partition coefficient (Wildman–Crippen LogP) is 2.39. The van der Waals surface area contributed by atoms with E-state index in [0.29, 0.717) is 0 Å². The van der Waals surface area contributed by atoms with E-state index in [1.807, 2.05) is 0 Å². The van der Waals surface area contributed by atoms with E-state index in [0.717, 1.165) is 17.0 Å². The van der Waals surface area contributed by atoms with E-state index in [1.165, 1.54) is 6.07 Å². The van der Waals surface area contributed by atoms with Crippen molar-refractivity contribution < 1.29 is 28.0 Å². The van der Waals surface area contributed by atoms with Crippen LogP contribution >= 0.6 is 11.6 Å². The maximum absolute atomic E-state index is 12.7. The van der Waals surface area contributed by atoms with E-state index in [4.69, 9.17) is 11.6 Å². The summed E-state index contributed by atoms with van der Waals surface area (Å²) in [4.78, 5) is 23.0. The summed E-state index contributed by atoms with van der Waals surface area (Å²) < 4.78 is 38.2. The Bertz CT molecular complexity index is 637. The third-order valence-electron chi connectivity index (χ3n) is 3.45. The molecule has 10 heteroatoms. The first-order valence-corrected chi connectivity index (χ1v) is 6.45. The van der Waals surface area contributed by atoms with E-state index in [-0.39, 0.29) is 17.1 Å². The fourth-order valence-corrected chi connectivity index (χ4v) is 2.37. The van der Waals surface area contributed by atoms with Gasteiger partial charge in [0.25, 0.3) is 11.6 Å². The van der Waals surface area contributed by atoms with Gasteiger partial charge < -0.3 is 10.0 Å². The monoisotopic (exact) mass is 338 g/mol. The summed E-state index contributed by atoms with van der Waals surface area (Å²) >= 11 is 5.61. The van der Waals surface area contributed by atoms with Crippen molar-refractivity contribution in [3.05, 3.63) is 38.9 Å². The van der Waals surface area contributed by atoms with Crippen molar-refractivity contribution in [1.29, 1.82) is 0 Å². The van der Waals surface area contributed by atoms with Gasteiger partial charge in [0.05, 0.1) is 11.5 Å². The first-order chi connectivity index (χ1) is 10.0. The highest BCUT2D eigenvalue weighted by molar-refractivity contribution is 6.31. The third-order valence-corrected chi connectivity index (χ3v) is 3.68. The van der Waals surface area contributed by atoms with E-state index in [9.17, 15) is 33.2 Å². The lowest BCUT2D eigenvalue weighted by atomic mass is 10.0. The molecule has 1 heterocycles. The highest BCUT2D eigenvalue weighted by atomic mass is 35.5. The number of carbonyl (C=O) groups is 1. The number of hydrogen-bond acceptors (Lipinski definition) is 4. The second-order valence-electron chi connectivity index (χ2n) is 4.92. The number of aliphatic hydroxyl groups is 1. The maximum atomic E-state index is 12.7. The van der Waals surface area contributed by atoms with Crippen molar-refractivity contribution >= 4 is 23.2 Å². The molecule has 1 aliphatic rings. The number of hydrogen-bond donors (Lipinski definition) is 1. The van der Waals surface area contributed by atoms with Crippen molar-refractivity contribution in [2.75, 3.05) is 13.1 Å². The molecule has 0 bridgehead atoms. The van der Waals surface area contributed by atoms with Crippen LogP contribution in [0.1, 0.15) is 16.8 Å². The second kappa shape index (κ2) is 5.40. The van der Waals surface area contributed by atoms with Gasteiger partial charge in [0.1, 0.15) is 5.56 Å². The molecule has 0 spiro atoms. The molecular formula is C12H10ClF3N2O4. The standard InChI is InChI=1S/C12H10ClF3N2O4/c13-7-1-2-8(9(5-7)18(21)22)10(19)17-4-3-11(20,6-17)12(14,15)16/h1-2,5,20H,3-4,6H2/t11-/m0/s1. The predicted molar refractivity (Wildman–Crippen MR) is 69.6 cm³/mol. The lowest BCUT2D eigenvalue weighted by Crippen LogP contribution is -2.48. The zero-order chi connectivity index (χ0) is 16.7. The first-order valence-electron chi connectivity index (χ1n) is 6.07. The summed E-state index contributed by atoms with van der Waals surface area (Å²) in [6.07, 6.45) is -5.56. The molecule has 120 valence electrons. The minimum Gasteiger partial charge on any atom is -0.379 e. The first kappa shape index (κ1) is 16.5. The minimum atomic E-state index is -4.88. The van der Waals surface area contributed by atoms with E-state index >= 15 is 0 Å². The fourth-order valence-electron chi connectivity index (χ4n) is 2.21. The number of benzene rings is 1. The van der Waals surface area contributed by atoms with E-state index in [1.54, 1.807) is 0 Å². The fraction of sp³-hybridized carbons (Fsp3) is 0.417. The molecule has 22 heavy (non-hydrogen) atoms. The average molecular weight is 339 g/mol. The molecule has 1 N–H and O–H groups in total. The number of alkyl halides is 3. The van der Waals surface area contributed by atoms with Crippen molar-refractivity contribution in [2.45, 2.75) is 18.2 Å². The Labute approximate surface area is 127 Å². The number of rotatable bonds is 2. The van der Waals surface area contributed by atoms with Crippen LogP contribution in [0.25, 0.3) is 0 Å². The Hall–Kier alpha value is -1.87. The molecule has 1 saturated heterocycles. The SMILES string of the molecule is O=C(c1ccc(Cl)cc1[N+](=O)[O-])N1CC[C@@](O)(C(F)(F)F)C1. The summed E-state index contributed by atoms with van der Waals surface area (Å²) in [7, 11) is 0. The molecule has 1 aliphatic heterocycles. The molecule has 0 unspecified atom stereocenters. The van der Waals surface area contributed by atoms with Crippen LogP contribution in [0.5, 0.6) is 0 Å². The van der Waals surface area contributed by atoms with Gasteiger partial charge in [-0.2, -0.15) is 13.2 Å². The van der Waals surface area contributed by atoms with E-state index < -0.39 is 41.3 Å². The number of nitro benzene ring substituents is 1. The van der Waals surface area contributed by atoms with Crippen molar-refractivity contribution in [3.63, 3.8) is 0 Å². The normalized spacial score (nSPS) is 22.0. The molecule has 0 saturated carbocycles. The largest absolute Gasteiger partial charge is 0.419 e. The summed E-state index contributed by atoms with van der Waals surface area (Å²) in [6.45, 7) is -1.32. The molecule has 0 aliphatic carbocycles. The number of carbonyl (C=O) groups excluding carboxylic acids is 1. The summed E-state index contributed by atoms with van der Waals surface area (Å²) in [5, 5.41) is 20.5. The number of β-amino-alcohol motifs (C(OH)–C–C–N with tert-alkyl or cyclic N) is 1. The molecule has 1 aromatic carbocycles. The summed E-state index contributed by atoms with van der Waals surface area (Å²) in [5.41, 5.74) is -3.97. The number of nitrogens with zero attached hydrogens (tertiary/aromatic N) is 2. The molecule has 1 atom stereocenters. The van der Waals surface area contributed by atoms with Crippen LogP contribution in [0, 0.1) is 10.1 Å². The van der Waals surface area contributed by atoms with Crippen molar-refractivity contribution in [1.82, 2.24) is 4.90 Å². The Morgan fingerprint density at radius 2 is 2.09 bits per heavy atom. The van der Waals surface area contributed by atoms with Crippen molar-refractivity contribution in [3.8, 4) is 0 Å². The second-order valence-corrected chi connectivity index (χ2v) is 5.36. The van der Waals surface area contributed by atoms with Crippen LogP contribution in [-0.4, -0.2) is 45.7 Å². The molecule has 6 nitrogen and oxygen atoms in total. The minimum absolute atomic E-state index is 0.0245. The van der Waals surface area contributed by atoms with Crippen LogP contribution in [-0.2, 0) is 0 Å². The number of halogens is 4. The highest BCUT2D eigenvalue weighted by Gasteiger charge is 2.58. The number of nitro groups is 1. The number of likely N-dealkylation sites (tertiary alicyclic amines) is 1. The van der Waals surface area contributed by atoms with Crippen LogP contribution in [0.2, 0.25) is 5.02 Å². The highest BCUT2D eigenvalue weighted by Crippen LogP contribution is 2.38. The van der Waals surface area contributed by atoms with Crippen LogP contribution < -0.4 is 0 Å². The smallest absolute Gasteiger partial charge is 0.379 e. The quantitative estimate of drug-likeness (QED) is 0.663. The van der Waals surface area contributed by atoms with Crippen molar-refractivity contribution in [2.24, 2.45) is 0 Å². The molecule has 1 fully saturated rings. The molecule has 1 amide bonds. The lowest BCUT2D eigenvalue weighted by molar-refractivity contribution is -0.385. The summed E-state index contributed by atoms with van der Waals surface area (Å²) in [5.74, 6) is -0.955. The van der Waals surface area contributed by atoms with Gasteiger partial charge in [-0.3, -0.25) is 14.9 Å². The molecular weight excluding hydrogens is 329 g/mol. The van der Waals surface area contributed by atoms with Gasteiger partial charge in [-0.1, -0.05) is 11.6 Å². The van der Waals surface area contributed by atoms with Gasteiger partial charge in [-0.05, 0) is 12.1 Å². The Morgan fingerprint density at radius 1 is 1.45 bits per heavy atom. The third kappa shape index (κ3) is 2.86. The summed E-state index contributed by atoms with van der Waals surface area (Å²) in [6, 6.07) is 3.25. The van der Waals surface area contributed by atoms with Crippen LogP contribution in [0.4, 0.5) is 18.9 Å². The Kier molecular flexibility index (Phi) is 4.05. The van der Waals surface area contributed by atoms with Gasteiger partial charge in [0.15, 0.2) is 5.60 Å². The molecule has 0 aromatic heterocycles. The van der Waals surface area contributed by atoms with E-state index in [2.05, 4.69) is 0 Å². The zero-order valence-electron chi connectivity index (χ0n) is 10.9. The van der Waals surface area contributed by atoms with Gasteiger partial charge in [0, 0.05) is 24.1 Å². The van der Waals surface area contributed by atoms with Gasteiger partial charge in [-0.25, -0.2) is 0 Å². The number of amides is 1. The van der Waals surface area contributed by atoms with Gasteiger partial charge in [-0.15, -0.1) is 0 Å². The average Bonchev–Trinajstić information content (AvgIpc) is 2.81. The van der Waals surface area contributed by atoms with Crippen LogP contribution in [0.15, 0.2) is 18.2 Å². The molecule has 1 aromatic rings. The van der Waals surface area contributed by atoms with Gasteiger partial charge in [0.2, 0.25) is 0 Å². The Morgan fingerprint density at radius 3 is 2.59 bits per heavy atom. The molecule has 0 radical (unpaired) electrons. The topological polar surface area (TPSA) is 83.7 Å². The Balaban J connectivity index is 2.30. The zero-order valence-corrected chi connectivity index (χ0v) is 11.7. The molecule has 2 rings (SSSR count). The van der Waals surface area contributed by atoms with Crippen LogP contribution in [0.3, 0.4) is 0 Å².